The van der Waals surface area contributed by atoms with Gasteiger partial charge in [-0.2, -0.15) is 0 Å². The Kier molecular flexibility index (Phi) is 3.19. The molecule has 0 atom stereocenters. The third kappa shape index (κ3) is 2.53. The highest BCUT2D eigenvalue weighted by molar-refractivity contribution is 7.71. The van der Waals surface area contributed by atoms with Gasteiger partial charge in [0.2, 0.25) is 5.91 Å². The molecule has 0 aliphatic rings. The average Bonchev–Trinajstić information content (AvgIpc) is 2.09. The van der Waals surface area contributed by atoms with Gasteiger partial charge in [0.15, 0.2) is 0 Å². The Morgan fingerprint density at radius 1 is 1.71 bits per heavy atom. The Balaban J connectivity index is 2.99. The van der Waals surface area contributed by atoms with Crippen LogP contribution in [0.2, 0.25) is 0 Å². The molecule has 1 aromatic rings. The molecule has 0 unspecified atom stereocenters. The van der Waals surface area contributed by atoms with Crippen LogP contribution in [0.3, 0.4) is 0 Å². The summed E-state index contributed by atoms with van der Waals surface area (Å²) in [5.41, 5.74) is 5.45. The van der Waals surface area contributed by atoms with E-state index in [0.29, 0.717) is 4.64 Å². The largest absolute Gasteiger partial charge is 0.370 e. The van der Waals surface area contributed by atoms with Crippen LogP contribution in [-0.4, -0.2) is 15.5 Å². The van der Waals surface area contributed by atoms with E-state index in [1.165, 1.54) is 4.57 Å². The molecule has 1 aromatic heterocycles. The highest BCUT2D eigenvalue weighted by atomic mass is 32.1. The van der Waals surface area contributed by atoms with Gasteiger partial charge in [0.1, 0.15) is 4.64 Å². The minimum atomic E-state index is -0.433. The summed E-state index contributed by atoms with van der Waals surface area (Å²) in [5, 5.41) is 0. The van der Waals surface area contributed by atoms with Crippen molar-refractivity contribution in [1.82, 2.24) is 9.55 Å². The lowest BCUT2D eigenvalue weighted by molar-refractivity contribution is -0.118. The van der Waals surface area contributed by atoms with Crippen molar-refractivity contribution in [3.8, 4) is 0 Å². The van der Waals surface area contributed by atoms with Crippen LogP contribution >= 0.6 is 12.2 Å². The predicted octanol–water partition coefficient (Wildman–Crippen LogP) is 0.0897. The molecule has 0 radical (unpaired) electrons. The van der Waals surface area contributed by atoms with E-state index in [0.717, 1.165) is 5.56 Å². The van der Waals surface area contributed by atoms with Crippen LogP contribution in [0.4, 0.5) is 0 Å². The molecule has 0 saturated carbocycles. The normalized spacial score (nSPS) is 10.1. The fraction of sp³-hybridized carbons (Fsp3) is 0.375. The number of primary amides is 1. The average molecular weight is 213 g/mol. The van der Waals surface area contributed by atoms with Gasteiger partial charge < -0.3 is 5.73 Å². The summed E-state index contributed by atoms with van der Waals surface area (Å²) in [4.78, 5) is 24.3. The topological polar surface area (TPSA) is 80.9 Å². The van der Waals surface area contributed by atoms with Gasteiger partial charge in [-0.15, -0.1) is 0 Å². The zero-order valence-electron chi connectivity index (χ0n) is 7.74. The number of amides is 1. The van der Waals surface area contributed by atoms with E-state index in [-0.39, 0.29) is 18.7 Å². The van der Waals surface area contributed by atoms with Crippen LogP contribution in [-0.2, 0) is 11.3 Å². The molecule has 0 spiro atoms. The number of aryl methyl sites for hydroxylation is 2. The predicted molar refractivity (Wildman–Crippen MR) is 54.4 cm³/mol. The Labute approximate surface area is 85.6 Å². The number of hydrogen-bond donors (Lipinski definition) is 2. The number of carbonyl (C=O) groups is 1. The van der Waals surface area contributed by atoms with Crippen molar-refractivity contribution in [2.24, 2.45) is 5.73 Å². The van der Waals surface area contributed by atoms with Gasteiger partial charge in [-0.25, -0.2) is 4.79 Å². The van der Waals surface area contributed by atoms with Crippen LogP contribution in [0, 0.1) is 11.6 Å². The number of H-pyrrole nitrogens is 1. The zero-order valence-corrected chi connectivity index (χ0v) is 8.56. The smallest absolute Gasteiger partial charge is 0.326 e. The molecular weight excluding hydrogens is 202 g/mol. The summed E-state index contributed by atoms with van der Waals surface area (Å²) in [6, 6.07) is 0. The summed E-state index contributed by atoms with van der Waals surface area (Å²) in [6.07, 6.45) is 1.76. The van der Waals surface area contributed by atoms with Crippen molar-refractivity contribution in [3.63, 3.8) is 0 Å². The maximum Gasteiger partial charge on any atom is 0.326 e. The number of nitrogens with two attached hydrogens (primary N) is 1. The molecule has 0 aromatic carbocycles. The lowest BCUT2D eigenvalue weighted by Crippen LogP contribution is -2.25. The molecule has 0 bridgehead atoms. The van der Waals surface area contributed by atoms with Crippen molar-refractivity contribution in [2.75, 3.05) is 0 Å². The molecule has 3 N–H and O–H groups in total. The second kappa shape index (κ2) is 4.19. The van der Waals surface area contributed by atoms with Crippen molar-refractivity contribution < 1.29 is 4.79 Å². The Morgan fingerprint density at radius 2 is 2.36 bits per heavy atom. The molecule has 0 aliphatic carbocycles. The SMILES string of the molecule is Cc1cn(CCC(N)=O)c(=O)[nH]c1=S. The molecule has 0 aliphatic heterocycles. The van der Waals surface area contributed by atoms with E-state index in [2.05, 4.69) is 4.98 Å². The summed E-state index contributed by atoms with van der Waals surface area (Å²) in [6.45, 7) is 2.07. The molecule has 14 heavy (non-hydrogen) atoms. The first-order valence-corrected chi connectivity index (χ1v) is 4.50. The summed E-state index contributed by atoms with van der Waals surface area (Å²) in [5.74, 6) is -0.433. The second-order valence-corrected chi connectivity index (χ2v) is 3.39. The summed E-state index contributed by atoms with van der Waals surface area (Å²) in [7, 11) is 0. The van der Waals surface area contributed by atoms with Gasteiger partial charge in [-0.1, -0.05) is 12.2 Å². The first-order valence-electron chi connectivity index (χ1n) is 4.09. The first-order chi connectivity index (χ1) is 6.50. The fourth-order valence-electron chi connectivity index (χ4n) is 1.02. The first kappa shape index (κ1) is 10.6. The van der Waals surface area contributed by atoms with E-state index < -0.39 is 5.91 Å². The number of aromatic amines is 1. The molecule has 6 heteroatoms. The Bertz CT molecular complexity index is 460. The molecule has 1 heterocycles. The standard InChI is InChI=1S/C8H11N3O2S/c1-5-4-11(3-2-6(9)12)8(13)10-7(5)14/h4H,2-3H2,1H3,(H2,9,12)(H,10,13,14). The zero-order chi connectivity index (χ0) is 10.7. The van der Waals surface area contributed by atoms with E-state index in [1.807, 2.05) is 0 Å². The lowest BCUT2D eigenvalue weighted by Gasteiger charge is -2.04. The van der Waals surface area contributed by atoms with Gasteiger partial charge in [-0.05, 0) is 6.92 Å². The number of aromatic nitrogens is 2. The third-order valence-electron chi connectivity index (χ3n) is 1.79. The number of nitrogens with zero attached hydrogens (tertiary/aromatic N) is 1. The van der Waals surface area contributed by atoms with Gasteiger partial charge in [0.25, 0.3) is 0 Å². The van der Waals surface area contributed by atoms with Gasteiger partial charge in [0, 0.05) is 24.7 Å². The minimum absolute atomic E-state index is 0.143. The Hall–Kier alpha value is -1.43. The molecule has 76 valence electrons. The van der Waals surface area contributed by atoms with Gasteiger partial charge in [-0.3, -0.25) is 14.3 Å². The molecule has 1 amide bonds. The van der Waals surface area contributed by atoms with Crippen LogP contribution in [0.1, 0.15) is 12.0 Å². The summed E-state index contributed by atoms with van der Waals surface area (Å²) >= 11 is 4.88. The number of rotatable bonds is 3. The van der Waals surface area contributed by atoms with Crippen LogP contribution in [0.5, 0.6) is 0 Å². The van der Waals surface area contributed by atoms with Gasteiger partial charge in [0.05, 0.1) is 0 Å². The highest BCUT2D eigenvalue weighted by Gasteiger charge is 2.00. The molecule has 5 nitrogen and oxygen atoms in total. The number of carbonyl (C=O) groups excluding carboxylic acids is 1. The fourth-order valence-corrected chi connectivity index (χ4v) is 1.16. The third-order valence-corrected chi connectivity index (χ3v) is 2.21. The highest BCUT2D eigenvalue weighted by Crippen LogP contribution is 1.94. The van der Waals surface area contributed by atoms with E-state index in [9.17, 15) is 9.59 Å². The van der Waals surface area contributed by atoms with Crippen LogP contribution in [0.15, 0.2) is 11.0 Å². The minimum Gasteiger partial charge on any atom is -0.370 e. The van der Waals surface area contributed by atoms with Crippen molar-refractivity contribution in [2.45, 2.75) is 19.9 Å². The van der Waals surface area contributed by atoms with Gasteiger partial charge >= 0.3 is 5.69 Å². The van der Waals surface area contributed by atoms with E-state index in [1.54, 1.807) is 13.1 Å². The lowest BCUT2D eigenvalue weighted by atomic mass is 10.3. The summed E-state index contributed by atoms with van der Waals surface area (Å²) < 4.78 is 1.81. The van der Waals surface area contributed by atoms with E-state index in [4.69, 9.17) is 18.0 Å². The molecule has 0 saturated heterocycles. The second-order valence-electron chi connectivity index (χ2n) is 2.98. The maximum atomic E-state index is 11.3. The van der Waals surface area contributed by atoms with Crippen LogP contribution in [0.25, 0.3) is 0 Å². The number of nitrogens with one attached hydrogen (secondary N) is 1. The maximum absolute atomic E-state index is 11.3. The van der Waals surface area contributed by atoms with Crippen LogP contribution < -0.4 is 11.4 Å². The van der Waals surface area contributed by atoms with Crippen molar-refractivity contribution >= 4 is 18.1 Å². The van der Waals surface area contributed by atoms with E-state index >= 15 is 0 Å². The quantitative estimate of drug-likeness (QED) is 0.698. The molecular formula is C8H11N3O2S. The Morgan fingerprint density at radius 3 is 2.93 bits per heavy atom. The molecule has 1 rings (SSSR count). The number of hydrogen-bond acceptors (Lipinski definition) is 3. The molecule has 0 fully saturated rings. The van der Waals surface area contributed by atoms with Crippen molar-refractivity contribution in [1.29, 1.82) is 0 Å². The monoisotopic (exact) mass is 213 g/mol. The van der Waals surface area contributed by atoms with Crippen molar-refractivity contribution in [3.05, 3.63) is 26.9 Å².